The molecule has 1 aromatic heterocycles. The number of carbonyl (C=O) groups excluding carboxylic acids is 1. The summed E-state index contributed by atoms with van der Waals surface area (Å²) in [5.41, 5.74) is 8.23. The van der Waals surface area contributed by atoms with Crippen LogP contribution >= 0.6 is 47.1 Å². The molecule has 0 aliphatic heterocycles. The summed E-state index contributed by atoms with van der Waals surface area (Å²) in [6, 6.07) is 5.63. The number of aromatic nitrogens is 2. The number of rotatable bonds is 4. The van der Waals surface area contributed by atoms with E-state index in [1.165, 1.54) is 23.1 Å². The van der Waals surface area contributed by atoms with Gasteiger partial charge in [0.1, 0.15) is 5.51 Å². The molecule has 1 aromatic carbocycles. The second-order valence-electron chi connectivity index (χ2n) is 5.21. The third-order valence-electron chi connectivity index (χ3n) is 3.58. The summed E-state index contributed by atoms with van der Waals surface area (Å²) >= 11 is 9.19. The summed E-state index contributed by atoms with van der Waals surface area (Å²) in [5, 5.41) is 11.3. The molecule has 1 fully saturated rings. The van der Waals surface area contributed by atoms with E-state index in [4.69, 9.17) is 17.3 Å². The molecule has 2 unspecified atom stereocenters. The summed E-state index contributed by atoms with van der Waals surface area (Å²) in [4.78, 5) is 13.1. The van der Waals surface area contributed by atoms with Crippen LogP contribution in [-0.4, -0.2) is 22.1 Å². The fraction of sp³-hybridized carbons (Fsp3) is 0.357. The molecule has 2 atom stereocenters. The number of amides is 1. The number of benzene rings is 1. The summed E-state index contributed by atoms with van der Waals surface area (Å²) in [6.45, 7) is 0. The van der Waals surface area contributed by atoms with Gasteiger partial charge in [0.25, 0.3) is 0 Å². The SMILES string of the molecule is Cl.NC1CCC(C(=O)Nc2ccc(Sc3nncs3)c(Cl)c2)C1. The van der Waals surface area contributed by atoms with Gasteiger partial charge in [-0.15, -0.1) is 22.6 Å². The highest BCUT2D eigenvalue weighted by Gasteiger charge is 2.27. The largest absolute Gasteiger partial charge is 0.328 e. The molecule has 9 heteroatoms. The Morgan fingerprint density at radius 2 is 2.26 bits per heavy atom. The zero-order valence-corrected chi connectivity index (χ0v) is 15.3. The molecule has 0 spiro atoms. The van der Waals surface area contributed by atoms with Gasteiger partial charge in [0.15, 0.2) is 4.34 Å². The third kappa shape index (κ3) is 4.81. The minimum Gasteiger partial charge on any atom is -0.328 e. The first-order valence-corrected chi connectivity index (χ1v) is 8.99. The van der Waals surface area contributed by atoms with Crippen molar-refractivity contribution < 1.29 is 4.79 Å². The number of nitrogens with one attached hydrogen (secondary N) is 1. The lowest BCUT2D eigenvalue weighted by Crippen LogP contribution is -2.23. The van der Waals surface area contributed by atoms with Gasteiger partial charge in [0.05, 0.1) is 5.02 Å². The average Bonchev–Trinajstić information content (AvgIpc) is 3.13. The van der Waals surface area contributed by atoms with Crippen molar-refractivity contribution in [3.63, 3.8) is 0 Å². The van der Waals surface area contributed by atoms with Crippen molar-refractivity contribution >= 4 is 58.7 Å². The van der Waals surface area contributed by atoms with Crippen molar-refractivity contribution in [1.82, 2.24) is 10.2 Å². The first-order valence-electron chi connectivity index (χ1n) is 6.92. The quantitative estimate of drug-likeness (QED) is 0.828. The van der Waals surface area contributed by atoms with E-state index in [1.807, 2.05) is 12.1 Å². The van der Waals surface area contributed by atoms with Gasteiger partial charge in [0.2, 0.25) is 5.91 Å². The molecule has 1 amide bonds. The van der Waals surface area contributed by atoms with E-state index in [1.54, 1.807) is 11.6 Å². The van der Waals surface area contributed by atoms with Crippen LogP contribution in [0.5, 0.6) is 0 Å². The number of carbonyl (C=O) groups is 1. The Hall–Kier alpha value is -0.860. The molecular formula is C14H16Cl2N4OS2. The van der Waals surface area contributed by atoms with Crippen LogP contribution in [0, 0.1) is 5.92 Å². The van der Waals surface area contributed by atoms with E-state index in [-0.39, 0.29) is 30.3 Å². The molecule has 1 saturated carbocycles. The van der Waals surface area contributed by atoms with E-state index in [2.05, 4.69) is 15.5 Å². The molecule has 1 heterocycles. The van der Waals surface area contributed by atoms with Gasteiger partial charge in [-0.25, -0.2) is 0 Å². The van der Waals surface area contributed by atoms with E-state index in [0.717, 1.165) is 28.5 Å². The zero-order valence-electron chi connectivity index (χ0n) is 12.1. The molecule has 3 N–H and O–H groups in total. The van der Waals surface area contributed by atoms with Crippen LogP contribution in [0.25, 0.3) is 0 Å². The van der Waals surface area contributed by atoms with Gasteiger partial charge < -0.3 is 11.1 Å². The predicted molar refractivity (Wildman–Crippen MR) is 96.7 cm³/mol. The normalized spacial score (nSPS) is 20.1. The standard InChI is InChI=1S/C14H15ClN4OS2.ClH/c15-11-6-10(18-13(20)8-1-2-9(16)5-8)3-4-12(11)22-14-19-17-7-21-14;/h3-4,6-9H,1-2,5,16H2,(H,18,20);1H. The van der Waals surface area contributed by atoms with Crippen molar-refractivity contribution in [1.29, 1.82) is 0 Å². The smallest absolute Gasteiger partial charge is 0.227 e. The Morgan fingerprint density at radius 1 is 1.43 bits per heavy atom. The van der Waals surface area contributed by atoms with Crippen LogP contribution in [0.2, 0.25) is 5.02 Å². The lowest BCUT2D eigenvalue weighted by Gasteiger charge is -2.12. The van der Waals surface area contributed by atoms with Crippen molar-refractivity contribution in [2.75, 3.05) is 5.32 Å². The fourth-order valence-corrected chi connectivity index (χ4v) is 4.20. The molecule has 0 bridgehead atoms. The highest BCUT2D eigenvalue weighted by atomic mass is 35.5. The maximum absolute atomic E-state index is 12.2. The van der Waals surface area contributed by atoms with Crippen molar-refractivity contribution in [3.8, 4) is 0 Å². The van der Waals surface area contributed by atoms with Gasteiger partial charge in [-0.3, -0.25) is 4.79 Å². The Bertz CT molecular complexity index is 669. The van der Waals surface area contributed by atoms with Crippen molar-refractivity contribution in [3.05, 3.63) is 28.7 Å². The van der Waals surface area contributed by atoms with E-state index >= 15 is 0 Å². The third-order valence-corrected chi connectivity index (χ3v) is 5.86. The molecule has 3 rings (SSSR count). The molecule has 5 nitrogen and oxygen atoms in total. The zero-order chi connectivity index (χ0) is 15.5. The maximum atomic E-state index is 12.2. The lowest BCUT2D eigenvalue weighted by atomic mass is 10.1. The number of halogens is 2. The first kappa shape index (κ1) is 18.5. The summed E-state index contributed by atoms with van der Waals surface area (Å²) in [5.74, 6) is 0.0257. The van der Waals surface area contributed by atoms with Gasteiger partial charge in [-0.05, 0) is 37.5 Å². The van der Waals surface area contributed by atoms with Crippen LogP contribution in [0.15, 0.2) is 32.9 Å². The van der Waals surface area contributed by atoms with Gasteiger partial charge in [-0.1, -0.05) is 34.7 Å². The molecule has 1 aliphatic rings. The lowest BCUT2D eigenvalue weighted by molar-refractivity contribution is -0.119. The Morgan fingerprint density at radius 3 is 2.87 bits per heavy atom. The Labute approximate surface area is 153 Å². The summed E-state index contributed by atoms with van der Waals surface area (Å²) < 4.78 is 0.832. The highest BCUT2D eigenvalue weighted by molar-refractivity contribution is 8.01. The minimum atomic E-state index is 0. The Balaban J connectivity index is 0.00000192. The monoisotopic (exact) mass is 390 g/mol. The van der Waals surface area contributed by atoms with Crippen molar-refractivity contribution in [2.45, 2.75) is 34.5 Å². The van der Waals surface area contributed by atoms with E-state index < -0.39 is 0 Å². The van der Waals surface area contributed by atoms with Gasteiger partial charge >= 0.3 is 0 Å². The average molecular weight is 391 g/mol. The fourth-order valence-electron chi connectivity index (χ4n) is 2.46. The molecular weight excluding hydrogens is 375 g/mol. The first-order chi connectivity index (χ1) is 10.6. The topological polar surface area (TPSA) is 80.9 Å². The van der Waals surface area contributed by atoms with Crippen LogP contribution in [0.4, 0.5) is 5.69 Å². The highest BCUT2D eigenvalue weighted by Crippen LogP contribution is 2.35. The summed E-state index contributed by atoms with van der Waals surface area (Å²) in [7, 11) is 0. The molecule has 1 aliphatic carbocycles. The van der Waals surface area contributed by atoms with Crippen LogP contribution in [0.1, 0.15) is 19.3 Å². The molecule has 23 heavy (non-hydrogen) atoms. The van der Waals surface area contributed by atoms with Crippen LogP contribution in [-0.2, 0) is 4.79 Å². The number of anilines is 1. The summed E-state index contributed by atoms with van der Waals surface area (Å²) in [6.07, 6.45) is 2.52. The second-order valence-corrected chi connectivity index (χ2v) is 7.74. The minimum absolute atomic E-state index is 0. The van der Waals surface area contributed by atoms with Crippen LogP contribution < -0.4 is 11.1 Å². The molecule has 0 radical (unpaired) electrons. The van der Waals surface area contributed by atoms with Gasteiger partial charge in [0, 0.05) is 22.5 Å². The van der Waals surface area contributed by atoms with E-state index in [0.29, 0.717) is 10.7 Å². The number of nitrogens with two attached hydrogens (primary N) is 1. The Kier molecular flexibility index (Phi) is 6.67. The second kappa shape index (κ2) is 8.30. The maximum Gasteiger partial charge on any atom is 0.227 e. The number of hydrogen-bond donors (Lipinski definition) is 2. The predicted octanol–water partition coefficient (Wildman–Crippen LogP) is 3.83. The molecule has 2 aromatic rings. The van der Waals surface area contributed by atoms with E-state index in [9.17, 15) is 4.79 Å². The molecule has 124 valence electrons. The van der Waals surface area contributed by atoms with Crippen LogP contribution in [0.3, 0.4) is 0 Å². The number of nitrogens with zero attached hydrogens (tertiary/aromatic N) is 2. The van der Waals surface area contributed by atoms with Gasteiger partial charge in [-0.2, -0.15) is 0 Å². The molecule has 0 saturated heterocycles. The number of hydrogen-bond acceptors (Lipinski definition) is 6. The van der Waals surface area contributed by atoms with Crippen molar-refractivity contribution in [2.24, 2.45) is 11.7 Å².